The largest absolute Gasteiger partial charge is 0.497 e. The minimum Gasteiger partial charge on any atom is -0.497 e. The van der Waals surface area contributed by atoms with E-state index in [1.807, 2.05) is 78.7 Å². The molecule has 2 aromatic carbocycles. The van der Waals surface area contributed by atoms with Gasteiger partial charge in [-0.05, 0) is 41.8 Å². The number of carbonyl (C=O) groups is 2. The van der Waals surface area contributed by atoms with E-state index < -0.39 is 0 Å². The van der Waals surface area contributed by atoms with Gasteiger partial charge in [0.2, 0.25) is 11.8 Å². The van der Waals surface area contributed by atoms with Gasteiger partial charge in [-0.3, -0.25) is 9.59 Å². The molecule has 0 fully saturated rings. The standard InChI is InChI=1S/C29H37N3O4/c1-4-10-28(33)31(17-18-35-2)23-29(34)32(20-24-11-6-5-7-12-24)22-26-14-9-16-30(26)21-25-13-8-15-27(19-25)36-3/h5-9,11-16,19H,4,10,17-18,20-23H2,1-3H3. The molecule has 1 aromatic heterocycles. The molecule has 7 nitrogen and oxygen atoms in total. The number of hydrogen-bond donors (Lipinski definition) is 0. The van der Waals surface area contributed by atoms with E-state index in [-0.39, 0.29) is 18.4 Å². The van der Waals surface area contributed by atoms with E-state index in [1.165, 1.54) is 0 Å². The van der Waals surface area contributed by atoms with Crippen LogP contribution in [0.5, 0.6) is 5.75 Å². The highest BCUT2D eigenvalue weighted by Crippen LogP contribution is 2.17. The highest BCUT2D eigenvalue weighted by atomic mass is 16.5. The lowest BCUT2D eigenvalue weighted by Crippen LogP contribution is -2.43. The molecule has 0 spiro atoms. The van der Waals surface area contributed by atoms with Gasteiger partial charge < -0.3 is 23.8 Å². The van der Waals surface area contributed by atoms with Crippen LogP contribution in [0.2, 0.25) is 0 Å². The summed E-state index contributed by atoms with van der Waals surface area (Å²) >= 11 is 0. The van der Waals surface area contributed by atoms with Crippen molar-refractivity contribution in [3.63, 3.8) is 0 Å². The van der Waals surface area contributed by atoms with Gasteiger partial charge in [-0.15, -0.1) is 0 Å². The topological polar surface area (TPSA) is 64.0 Å². The molecule has 0 aliphatic heterocycles. The second-order valence-corrected chi connectivity index (χ2v) is 8.77. The first-order chi connectivity index (χ1) is 17.5. The molecule has 0 bridgehead atoms. The number of amides is 2. The fourth-order valence-corrected chi connectivity index (χ4v) is 4.08. The molecule has 3 aromatic rings. The zero-order valence-electron chi connectivity index (χ0n) is 21.6. The van der Waals surface area contributed by atoms with E-state index in [0.717, 1.165) is 29.0 Å². The van der Waals surface area contributed by atoms with Crippen LogP contribution in [0.1, 0.15) is 36.6 Å². The maximum Gasteiger partial charge on any atom is 0.242 e. The summed E-state index contributed by atoms with van der Waals surface area (Å²) < 4.78 is 12.7. The Hall–Kier alpha value is -3.58. The second-order valence-electron chi connectivity index (χ2n) is 8.77. The monoisotopic (exact) mass is 491 g/mol. The molecule has 0 atom stereocenters. The number of methoxy groups -OCH3 is 2. The van der Waals surface area contributed by atoms with Crippen LogP contribution in [0.3, 0.4) is 0 Å². The lowest BCUT2D eigenvalue weighted by Gasteiger charge is -2.28. The van der Waals surface area contributed by atoms with Crippen LogP contribution in [0.4, 0.5) is 0 Å². The molecule has 1 heterocycles. The molecule has 0 aliphatic rings. The van der Waals surface area contributed by atoms with Crippen molar-refractivity contribution in [2.24, 2.45) is 0 Å². The Kier molecular flexibility index (Phi) is 10.6. The van der Waals surface area contributed by atoms with Crippen LogP contribution in [0.15, 0.2) is 72.9 Å². The van der Waals surface area contributed by atoms with Gasteiger partial charge >= 0.3 is 0 Å². The Morgan fingerprint density at radius 2 is 1.64 bits per heavy atom. The minimum atomic E-state index is -0.0893. The van der Waals surface area contributed by atoms with E-state index >= 15 is 0 Å². The van der Waals surface area contributed by atoms with E-state index in [9.17, 15) is 9.59 Å². The average molecular weight is 492 g/mol. The first kappa shape index (κ1) is 27.0. The average Bonchev–Trinajstić information content (AvgIpc) is 3.33. The van der Waals surface area contributed by atoms with E-state index in [1.54, 1.807) is 19.1 Å². The third-order valence-electron chi connectivity index (χ3n) is 6.04. The number of benzene rings is 2. The van der Waals surface area contributed by atoms with E-state index in [4.69, 9.17) is 9.47 Å². The van der Waals surface area contributed by atoms with Crippen LogP contribution in [0.25, 0.3) is 0 Å². The summed E-state index contributed by atoms with van der Waals surface area (Å²) in [6, 6.07) is 22.0. The highest BCUT2D eigenvalue weighted by Gasteiger charge is 2.22. The summed E-state index contributed by atoms with van der Waals surface area (Å²) in [5, 5.41) is 0. The molecule has 0 unspecified atom stereocenters. The Morgan fingerprint density at radius 3 is 2.36 bits per heavy atom. The predicted octanol–water partition coefficient (Wildman–Crippen LogP) is 4.35. The van der Waals surface area contributed by atoms with Gasteiger partial charge in [-0.25, -0.2) is 0 Å². The maximum absolute atomic E-state index is 13.6. The number of ether oxygens (including phenoxy) is 2. The molecule has 3 rings (SSSR count). The summed E-state index contributed by atoms with van der Waals surface area (Å²) in [6.07, 6.45) is 3.18. The number of carbonyl (C=O) groups excluding carboxylic acids is 2. The maximum atomic E-state index is 13.6. The third-order valence-corrected chi connectivity index (χ3v) is 6.04. The zero-order chi connectivity index (χ0) is 25.8. The number of rotatable bonds is 14. The first-order valence-corrected chi connectivity index (χ1v) is 12.4. The van der Waals surface area contributed by atoms with Crippen LogP contribution < -0.4 is 4.74 Å². The Labute approximate surface area is 214 Å². The van der Waals surface area contributed by atoms with Crippen molar-refractivity contribution in [2.45, 2.75) is 39.4 Å². The fraction of sp³-hybridized carbons (Fsp3) is 0.379. The Bertz CT molecular complexity index is 1100. The molecule has 2 amide bonds. The normalized spacial score (nSPS) is 10.8. The van der Waals surface area contributed by atoms with Crippen LogP contribution in [-0.4, -0.2) is 60.1 Å². The van der Waals surface area contributed by atoms with Crippen molar-refractivity contribution in [2.75, 3.05) is 33.9 Å². The number of aromatic nitrogens is 1. The van der Waals surface area contributed by atoms with Crippen molar-refractivity contribution in [3.8, 4) is 5.75 Å². The van der Waals surface area contributed by atoms with Gasteiger partial charge in [-0.2, -0.15) is 0 Å². The Balaban J connectivity index is 1.80. The van der Waals surface area contributed by atoms with Gasteiger partial charge in [0.05, 0.1) is 26.8 Å². The SMILES string of the molecule is CCCC(=O)N(CCOC)CC(=O)N(Cc1ccccc1)Cc1cccn1Cc1cccc(OC)c1. The summed E-state index contributed by atoms with van der Waals surface area (Å²) in [4.78, 5) is 29.7. The van der Waals surface area contributed by atoms with E-state index in [0.29, 0.717) is 39.2 Å². The summed E-state index contributed by atoms with van der Waals surface area (Å²) in [5.41, 5.74) is 3.18. The lowest BCUT2D eigenvalue weighted by atomic mass is 10.2. The van der Waals surface area contributed by atoms with Crippen molar-refractivity contribution in [1.29, 1.82) is 0 Å². The van der Waals surface area contributed by atoms with Crippen LogP contribution in [0, 0.1) is 0 Å². The zero-order valence-corrected chi connectivity index (χ0v) is 21.6. The summed E-state index contributed by atoms with van der Waals surface area (Å²) in [6.45, 7) is 4.35. The van der Waals surface area contributed by atoms with Crippen molar-refractivity contribution in [1.82, 2.24) is 14.4 Å². The lowest BCUT2D eigenvalue weighted by molar-refractivity contribution is -0.141. The molecule has 0 N–H and O–H groups in total. The molecular formula is C29H37N3O4. The minimum absolute atomic E-state index is 0.0241. The number of hydrogen-bond acceptors (Lipinski definition) is 4. The molecule has 0 aliphatic carbocycles. The smallest absolute Gasteiger partial charge is 0.242 e. The summed E-state index contributed by atoms with van der Waals surface area (Å²) in [7, 11) is 3.26. The van der Waals surface area contributed by atoms with Crippen LogP contribution in [-0.2, 0) is 34.0 Å². The van der Waals surface area contributed by atoms with Crippen molar-refractivity contribution >= 4 is 11.8 Å². The van der Waals surface area contributed by atoms with Crippen LogP contribution >= 0.6 is 0 Å². The number of nitrogens with zero attached hydrogens (tertiary/aromatic N) is 3. The van der Waals surface area contributed by atoms with Gasteiger partial charge in [0.25, 0.3) is 0 Å². The molecule has 0 saturated heterocycles. The van der Waals surface area contributed by atoms with Gasteiger partial charge in [0, 0.05) is 45.1 Å². The molecule has 36 heavy (non-hydrogen) atoms. The molecule has 192 valence electrons. The Morgan fingerprint density at radius 1 is 0.861 bits per heavy atom. The molecule has 0 saturated carbocycles. The third kappa shape index (κ3) is 7.99. The second kappa shape index (κ2) is 14.1. The predicted molar refractivity (Wildman–Crippen MR) is 141 cm³/mol. The first-order valence-electron chi connectivity index (χ1n) is 12.4. The quantitative estimate of drug-likeness (QED) is 0.336. The van der Waals surface area contributed by atoms with E-state index in [2.05, 4.69) is 10.6 Å². The highest BCUT2D eigenvalue weighted by molar-refractivity contribution is 5.84. The van der Waals surface area contributed by atoms with Crippen molar-refractivity contribution in [3.05, 3.63) is 89.7 Å². The van der Waals surface area contributed by atoms with Gasteiger partial charge in [0.15, 0.2) is 0 Å². The van der Waals surface area contributed by atoms with Crippen molar-refractivity contribution < 1.29 is 19.1 Å². The van der Waals surface area contributed by atoms with Gasteiger partial charge in [0.1, 0.15) is 5.75 Å². The molecule has 0 radical (unpaired) electrons. The fourth-order valence-electron chi connectivity index (χ4n) is 4.08. The summed E-state index contributed by atoms with van der Waals surface area (Å²) in [5.74, 6) is 0.701. The molecular weight excluding hydrogens is 454 g/mol. The molecule has 7 heteroatoms. The van der Waals surface area contributed by atoms with Gasteiger partial charge in [-0.1, -0.05) is 49.4 Å².